The van der Waals surface area contributed by atoms with Crippen LogP contribution in [0.3, 0.4) is 0 Å². The van der Waals surface area contributed by atoms with Crippen molar-refractivity contribution >= 4 is 11.6 Å². The Morgan fingerprint density at radius 1 is 1.39 bits per heavy atom. The lowest BCUT2D eigenvalue weighted by Crippen LogP contribution is -2.32. The van der Waals surface area contributed by atoms with Crippen molar-refractivity contribution in [3.63, 3.8) is 0 Å². The second kappa shape index (κ2) is 4.84. The molecule has 0 spiro atoms. The van der Waals surface area contributed by atoms with Gasteiger partial charge < -0.3 is 5.11 Å². The van der Waals surface area contributed by atoms with E-state index in [1.54, 1.807) is 0 Å². The van der Waals surface area contributed by atoms with Crippen molar-refractivity contribution in [1.29, 1.82) is 0 Å². The van der Waals surface area contributed by atoms with Gasteiger partial charge in [-0.25, -0.2) is 0 Å². The molecule has 0 saturated heterocycles. The van der Waals surface area contributed by atoms with Crippen LogP contribution in [0.1, 0.15) is 36.4 Å². The Kier molecular flexibility index (Phi) is 3.35. The smallest absolute Gasteiger partial charge is 0.0695 e. The fraction of sp³-hybridized carbons (Fsp3) is 0.600. The number of aliphatic hydroxyl groups excluding tert-OH is 1. The molecule has 0 aliphatic heterocycles. The third kappa shape index (κ3) is 2.29. The summed E-state index contributed by atoms with van der Waals surface area (Å²) in [5.74, 6) is 0.549. The van der Waals surface area contributed by atoms with Crippen LogP contribution in [0.4, 0.5) is 0 Å². The molecule has 1 saturated carbocycles. The molecule has 1 aromatic carbocycles. The van der Waals surface area contributed by atoms with Crippen LogP contribution in [0.25, 0.3) is 0 Å². The van der Waals surface area contributed by atoms with Crippen molar-refractivity contribution in [2.24, 2.45) is 5.92 Å². The first kappa shape index (κ1) is 12.5. The van der Waals surface area contributed by atoms with Gasteiger partial charge in [0.1, 0.15) is 0 Å². The average Bonchev–Trinajstić information content (AvgIpc) is 3.09. The number of rotatable bonds is 4. The third-order valence-corrected chi connectivity index (χ3v) is 4.71. The SMILES string of the molecule is CN(CC(O)C1CC1)C1CCc2c(Cl)cccc21. The van der Waals surface area contributed by atoms with Crippen molar-refractivity contribution in [3.05, 3.63) is 34.3 Å². The Morgan fingerprint density at radius 3 is 2.89 bits per heavy atom. The molecule has 2 unspecified atom stereocenters. The molecule has 0 amide bonds. The minimum atomic E-state index is -0.154. The summed E-state index contributed by atoms with van der Waals surface area (Å²) in [6, 6.07) is 6.61. The molecule has 0 aromatic heterocycles. The van der Waals surface area contributed by atoms with Gasteiger partial charge in [0.2, 0.25) is 0 Å². The summed E-state index contributed by atoms with van der Waals surface area (Å²) in [5, 5.41) is 10.9. The number of hydrogen-bond acceptors (Lipinski definition) is 2. The largest absolute Gasteiger partial charge is 0.392 e. The number of benzene rings is 1. The Balaban J connectivity index is 1.72. The lowest BCUT2D eigenvalue weighted by Gasteiger charge is -2.27. The first-order chi connectivity index (χ1) is 8.66. The van der Waals surface area contributed by atoms with Crippen LogP contribution in [0.15, 0.2) is 18.2 Å². The molecule has 2 atom stereocenters. The van der Waals surface area contributed by atoms with Crippen LogP contribution in [0, 0.1) is 5.92 Å². The van der Waals surface area contributed by atoms with E-state index in [0.717, 1.165) is 24.4 Å². The second-order valence-corrected chi connectivity index (χ2v) is 6.11. The standard InChI is InChI=1S/C15H20ClNO/c1-17(9-15(18)10-5-6-10)14-8-7-11-12(14)3-2-4-13(11)16/h2-4,10,14-15,18H,5-9H2,1H3. The van der Waals surface area contributed by atoms with E-state index in [4.69, 9.17) is 11.6 Å². The van der Waals surface area contributed by atoms with Gasteiger partial charge in [-0.2, -0.15) is 0 Å². The van der Waals surface area contributed by atoms with Crippen LogP contribution < -0.4 is 0 Å². The zero-order valence-corrected chi connectivity index (χ0v) is 11.5. The molecule has 2 aliphatic rings. The second-order valence-electron chi connectivity index (χ2n) is 5.71. The molecule has 3 heteroatoms. The molecule has 0 bridgehead atoms. The number of likely N-dealkylation sites (N-methyl/N-ethyl adjacent to an activating group) is 1. The van der Waals surface area contributed by atoms with Gasteiger partial charge in [0.15, 0.2) is 0 Å². The van der Waals surface area contributed by atoms with Crippen molar-refractivity contribution < 1.29 is 5.11 Å². The van der Waals surface area contributed by atoms with Gasteiger partial charge >= 0.3 is 0 Å². The molecule has 1 aromatic rings. The van der Waals surface area contributed by atoms with Gasteiger partial charge in [-0.1, -0.05) is 23.7 Å². The molecule has 1 N–H and O–H groups in total. The molecular formula is C15H20ClNO. The predicted molar refractivity (Wildman–Crippen MR) is 73.9 cm³/mol. The highest BCUT2D eigenvalue weighted by Crippen LogP contribution is 2.39. The van der Waals surface area contributed by atoms with Crippen molar-refractivity contribution in [2.75, 3.05) is 13.6 Å². The first-order valence-corrected chi connectivity index (χ1v) is 7.20. The van der Waals surface area contributed by atoms with Gasteiger partial charge in [0.05, 0.1) is 6.10 Å². The summed E-state index contributed by atoms with van der Waals surface area (Å²) < 4.78 is 0. The zero-order chi connectivity index (χ0) is 12.7. The monoisotopic (exact) mass is 265 g/mol. The van der Waals surface area contributed by atoms with E-state index in [1.165, 1.54) is 24.0 Å². The molecular weight excluding hydrogens is 246 g/mol. The van der Waals surface area contributed by atoms with Crippen LogP contribution in [0.2, 0.25) is 5.02 Å². The summed E-state index contributed by atoms with van der Waals surface area (Å²) >= 11 is 6.24. The first-order valence-electron chi connectivity index (χ1n) is 6.82. The molecule has 3 rings (SSSR count). The summed E-state index contributed by atoms with van der Waals surface area (Å²) in [6.45, 7) is 0.779. The molecule has 1 fully saturated rings. The predicted octanol–water partition coefficient (Wildman–Crippen LogP) is 3.03. The fourth-order valence-corrected chi connectivity index (χ4v) is 3.37. The maximum atomic E-state index is 10.1. The number of halogens is 1. The highest BCUT2D eigenvalue weighted by atomic mass is 35.5. The Morgan fingerprint density at radius 2 is 2.17 bits per heavy atom. The van der Waals surface area contributed by atoms with E-state index in [2.05, 4.69) is 18.0 Å². The average molecular weight is 266 g/mol. The molecule has 2 nitrogen and oxygen atoms in total. The normalized spacial score (nSPS) is 24.3. The van der Waals surface area contributed by atoms with E-state index in [9.17, 15) is 5.11 Å². The van der Waals surface area contributed by atoms with E-state index < -0.39 is 0 Å². The van der Waals surface area contributed by atoms with Crippen LogP contribution in [-0.4, -0.2) is 29.7 Å². The highest BCUT2D eigenvalue weighted by Gasteiger charge is 2.33. The van der Waals surface area contributed by atoms with E-state index in [0.29, 0.717) is 12.0 Å². The zero-order valence-electron chi connectivity index (χ0n) is 10.8. The molecule has 18 heavy (non-hydrogen) atoms. The maximum absolute atomic E-state index is 10.1. The van der Waals surface area contributed by atoms with E-state index in [-0.39, 0.29) is 6.10 Å². The van der Waals surface area contributed by atoms with E-state index in [1.807, 2.05) is 12.1 Å². The van der Waals surface area contributed by atoms with Gasteiger partial charge in [-0.3, -0.25) is 4.90 Å². The quantitative estimate of drug-likeness (QED) is 0.905. The third-order valence-electron chi connectivity index (χ3n) is 4.36. The summed E-state index contributed by atoms with van der Waals surface area (Å²) in [7, 11) is 2.12. The Hall–Kier alpha value is -0.570. The lowest BCUT2D eigenvalue weighted by molar-refractivity contribution is 0.0876. The van der Waals surface area contributed by atoms with E-state index >= 15 is 0 Å². The molecule has 0 heterocycles. The number of hydrogen-bond donors (Lipinski definition) is 1. The number of aliphatic hydroxyl groups is 1. The Labute approximate surface area is 114 Å². The van der Waals surface area contributed by atoms with Crippen LogP contribution in [-0.2, 0) is 6.42 Å². The molecule has 98 valence electrons. The van der Waals surface area contributed by atoms with Gasteiger partial charge in [0, 0.05) is 17.6 Å². The van der Waals surface area contributed by atoms with Crippen LogP contribution >= 0.6 is 11.6 Å². The van der Waals surface area contributed by atoms with Gasteiger partial charge in [0.25, 0.3) is 0 Å². The Bertz CT molecular complexity index is 444. The number of fused-ring (bicyclic) bond motifs is 1. The summed E-state index contributed by atoms with van der Waals surface area (Å²) in [6.07, 6.45) is 4.42. The van der Waals surface area contributed by atoms with Gasteiger partial charge in [-0.15, -0.1) is 0 Å². The van der Waals surface area contributed by atoms with Crippen molar-refractivity contribution in [3.8, 4) is 0 Å². The fourth-order valence-electron chi connectivity index (χ4n) is 3.10. The van der Waals surface area contributed by atoms with Gasteiger partial charge in [-0.05, 0) is 55.8 Å². The summed E-state index contributed by atoms with van der Waals surface area (Å²) in [4.78, 5) is 2.30. The topological polar surface area (TPSA) is 23.5 Å². The maximum Gasteiger partial charge on any atom is 0.0695 e. The number of nitrogens with zero attached hydrogens (tertiary/aromatic N) is 1. The van der Waals surface area contributed by atoms with Crippen molar-refractivity contribution in [2.45, 2.75) is 37.8 Å². The molecule has 0 radical (unpaired) electrons. The minimum absolute atomic E-state index is 0.154. The lowest BCUT2D eigenvalue weighted by atomic mass is 10.1. The molecule has 2 aliphatic carbocycles. The van der Waals surface area contributed by atoms with Crippen molar-refractivity contribution in [1.82, 2.24) is 4.90 Å². The minimum Gasteiger partial charge on any atom is -0.392 e. The highest BCUT2D eigenvalue weighted by molar-refractivity contribution is 6.31. The van der Waals surface area contributed by atoms with Crippen LogP contribution in [0.5, 0.6) is 0 Å². The summed E-state index contributed by atoms with van der Waals surface area (Å²) in [5.41, 5.74) is 2.66.